The molecule has 0 heterocycles. The summed E-state index contributed by atoms with van der Waals surface area (Å²) >= 11 is 0. The summed E-state index contributed by atoms with van der Waals surface area (Å²) in [6.45, 7) is 1.51. The van der Waals surface area contributed by atoms with Crippen molar-refractivity contribution >= 4 is 29.0 Å². The Bertz CT molecular complexity index is 570. The summed E-state index contributed by atoms with van der Waals surface area (Å²) in [6.07, 6.45) is -0.133. The Morgan fingerprint density at radius 1 is 1.40 bits per heavy atom. The molecule has 0 bridgehead atoms. The summed E-state index contributed by atoms with van der Waals surface area (Å²) in [4.78, 5) is 32.3. The second kappa shape index (κ2) is 6.83. The lowest BCUT2D eigenvalue weighted by Crippen LogP contribution is -2.26. The van der Waals surface area contributed by atoms with Crippen molar-refractivity contribution < 1.29 is 14.5 Å². The van der Waals surface area contributed by atoms with Gasteiger partial charge in [-0.2, -0.15) is 5.10 Å². The van der Waals surface area contributed by atoms with Crippen LogP contribution < -0.4 is 16.5 Å². The number of amides is 3. The molecule has 0 saturated heterocycles. The number of hydrogen-bond acceptors (Lipinski definition) is 5. The number of carbonyl (C=O) groups excluding carboxylic acids is 2. The fourth-order valence-corrected chi connectivity index (χ4v) is 1.36. The van der Waals surface area contributed by atoms with E-state index in [1.165, 1.54) is 25.1 Å². The van der Waals surface area contributed by atoms with Gasteiger partial charge in [-0.25, -0.2) is 10.2 Å². The number of nitrogens with one attached hydrogen (secondary N) is 2. The molecular weight excluding hydrogens is 266 g/mol. The van der Waals surface area contributed by atoms with Gasteiger partial charge in [0.25, 0.3) is 5.69 Å². The Hall–Kier alpha value is -2.97. The van der Waals surface area contributed by atoms with Gasteiger partial charge in [-0.1, -0.05) is 12.1 Å². The zero-order chi connectivity index (χ0) is 15.1. The molecular formula is C11H13N5O4. The van der Waals surface area contributed by atoms with Gasteiger partial charge in [0.15, 0.2) is 0 Å². The third-order valence-corrected chi connectivity index (χ3v) is 2.15. The van der Waals surface area contributed by atoms with Crippen LogP contribution in [-0.2, 0) is 4.79 Å². The van der Waals surface area contributed by atoms with E-state index >= 15 is 0 Å². The van der Waals surface area contributed by atoms with Crippen molar-refractivity contribution in [2.75, 3.05) is 5.32 Å². The summed E-state index contributed by atoms with van der Waals surface area (Å²) in [7, 11) is 0. The van der Waals surface area contributed by atoms with Crippen LogP contribution in [0.4, 0.5) is 16.2 Å². The third-order valence-electron chi connectivity index (χ3n) is 2.15. The van der Waals surface area contributed by atoms with Crippen molar-refractivity contribution in [1.82, 2.24) is 5.43 Å². The second-order valence-corrected chi connectivity index (χ2v) is 3.82. The van der Waals surface area contributed by atoms with Gasteiger partial charge >= 0.3 is 6.03 Å². The minimum absolute atomic E-state index is 0.0955. The van der Waals surface area contributed by atoms with Crippen LogP contribution in [0, 0.1) is 10.1 Å². The molecule has 0 aliphatic heterocycles. The molecule has 20 heavy (non-hydrogen) atoms. The summed E-state index contributed by atoms with van der Waals surface area (Å²) < 4.78 is 0. The van der Waals surface area contributed by atoms with E-state index in [0.29, 0.717) is 5.71 Å². The highest BCUT2D eigenvalue weighted by Gasteiger charge is 2.15. The molecule has 4 N–H and O–H groups in total. The van der Waals surface area contributed by atoms with E-state index in [0.717, 1.165) is 0 Å². The maximum atomic E-state index is 11.7. The Labute approximate surface area is 114 Å². The Kier molecular flexibility index (Phi) is 5.15. The number of anilines is 1. The van der Waals surface area contributed by atoms with E-state index in [1.807, 2.05) is 5.43 Å². The van der Waals surface area contributed by atoms with E-state index in [9.17, 15) is 19.7 Å². The standard InChI is InChI=1S/C11H13N5O4/c1-7(14-15-11(12)18)6-10(17)13-8-4-2-3-5-9(8)16(19)20/h2-5H,6H2,1H3,(H,13,17)(H3,12,15,18)/b14-7-. The molecule has 3 amide bonds. The number of carbonyl (C=O) groups is 2. The second-order valence-electron chi connectivity index (χ2n) is 3.82. The number of hydrogen-bond donors (Lipinski definition) is 3. The number of rotatable bonds is 5. The predicted molar refractivity (Wildman–Crippen MR) is 72.2 cm³/mol. The molecule has 1 aromatic carbocycles. The van der Waals surface area contributed by atoms with Crippen LogP contribution in [0.5, 0.6) is 0 Å². The van der Waals surface area contributed by atoms with E-state index < -0.39 is 16.9 Å². The molecule has 1 rings (SSSR count). The maximum Gasteiger partial charge on any atom is 0.332 e. The fourth-order valence-electron chi connectivity index (χ4n) is 1.36. The zero-order valence-electron chi connectivity index (χ0n) is 10.6. The molecule has 0 saturated carbocycles. The van der Waals surface area contributed by atoms with Crippen molar-refractivity contribution in [1.29, 1.82) is 0 Å². The van der Waals surface area contributed by atoms with Crippen LogP contribution in [-0.4, -0.2) is 22.6 Å². The summed E-state index contributed by atoms with van der Waals surface area (Å²) in [5, 5.41) is 16.7. The first-order valence-electron chi connectivity index (χ1n) is 5.52. The van der Waals surface area contributed by atoms with E-state index in [2.05, 4.69) is 10.4 Å². The molecule has 0 radical (unpaired) electrons. The molecule has 0 aliphatic rings. The van der Waals surface area contributed by atoms with Crippen molar-refractivity contribution in [3.8, 4) is 0 Å². The number of para-hydroxylation sites is 2. The number of nitro benzene ring substituents is 1. The number of urea groups is 1. The lowest BCUT2D eigenvalue weighted by atomic mass is 10.2. The van der Waals surface area contributed by atoms with Crippen LogP contribution in [0.15, 0.2) is 29.4 Å². The molecule has 0 fully saturated rings. The molecule has 9 heteroatoms. The molecule has 0 spiro atoms. The fraction of sp³-hybridized carbons (Fsp3) is 0.182. The molecule has 106 valence electrons. The molecule has 0 atom stereocenters. The van der Waals surface area contributed by atoms with Crippen LogP contribution in [0.2, 0.25) is 0 Å². The van der Waals surface area contributed by atoms with Gasteiger partial charge in [-0.05, 0) is 13.0 Å². The minimum Gasteiger partial charge on any atom is -0.350 e. The Balaban J connectivity index is 2.70. The first kappa shape index (κ1) is 15.1. The predicted octanol–water partition coefficient (Wildman–Crippen LogP) is 0.968. The molecule has 0 aromatic heterocycles. The summed E-state index contributed by atoms with van der Waals surface area (Å²) in [5.74, 6) is -0.494. The minimum atomic E-state index is -0.844. The topological polar surface area (TPSA) is 140 Å². The lowest BCUT2D eigenvalue weighted by molar-refractivity contribution is -0.383. The van der Waals surface area contributed by atoms with Crippen molar-refractivity contribution in [3.05, 3.63) is 34.4 Å². The largest absolute Gasteiger partial charge is 0.350 e. The quantitative estimate of drug-likeness (QED) is 0.419. The van der Waals surface area contributed by atoms with Gasteiger partial charge < -0.3 is 11.1 Å². The van der Waals surface area contributed by atoms with Crippen LogP contribution >= 0.6 is 0 Å². The molecule has 0 unspecified atom stereocenters. The van der Waals surface area contributed by atoms with Crippen molar-refractivity contribution in [2.45, 2.75) is 13.3 Å². The summed E-state index contributed by atoms with van der Waals surface area (Å²) in [6, 6.07) is 4.92. The van der Waals surface area contributed by atoms with E-state index in [1.54, 1.807) is 6.07 Å². The smallest absolute Gasteiger partial charge is 0.332 e. The van der Waals surface area contributed by atoms with E-state index in [4.69, 9.17) is 5.73 Å². The first-order chi connectivity index (χ1) is 9.40. The SMILES string of the molecule is C/C(CC(=O)Nc1ccccc1[N+](=O)[O-])=N/NC(N)=O. The Morgan fingerprint density at radius 2 is 2.05 bits per heavy atom. The van der Waals surface area contributed by atoms with Crippen molar-refractivity contribution in [2.24, 2.45) is 10.8 Å². The number of nitrogens with two attached hydrogens (primary N) is 1. The van der Waals surface area contributed by atoms with Crippen molar-refractivity contribution in [3.63, 3.8) is 0 Å². The third kappa shape index (κ3) is 4.72. The van der Waals surface area contributed by atoms with Gasteiger partial charge in [0.1, 0.15) is 5.69 Å². The number of nitro groups is 1. The highest BCUT2D eigenvalue weighted by atomic mass is 16.6. The lowest BCUT2D eigenvalue weighted by Gasteiger charge is -2.05. The monoisotopic (exact) mass is 279 g/mol. The summed E-state index contributed by atoms with van der Waals surface area (Å²) in [5.41, 5.74) is 7.00. The zero-order valence-corrected chi connectivity index (χ0v) is 10.6. The van der Waals surface area contributed by atoms with Crippen LogP contribution in [0.1, 0.15) is 13.3 Å². The highest BCUT2D eigenvalue weighted by molar-refractivity contribution is 6.06. The normalized spacial score (nSPS) is 10.8. The molecule has 0 aliphatic carbocycles. The number of nitrogens with zero attached hydrogens (tertiary/aromatic N) is 2. The average Bonchev–Trinajstić information content (AvgIpc) is 2.36. The number of benzene rings is 1. The molecule has 1 aromatic rings. The van der Waals surface area contributed by atoms with E-state index in [-0.39, 0.29) is 17.8 Å². The van der Waals surface area contributed by atoms with Crippen LogP contribution in [0.25, 0.3) is 0 Å². The number of hydrazone groups is 1. The Morgan fingerprint density at radius 3 is 2.65 bits per heavy atom. The van der Waals surface area contributed by atoms with Gasteiger partial charge in [-0.15, -0.1) is 0 Å². The highest BCUT2D eigenvalue weighted by Crippen LogP contribution is 2.23. The van der Waals surface area contributed by atoms with Gasteiger partial charge in [-0.3, -0.25) is 14.9 Å². The van der Waals surface area contributed by atoms with Gasteiger partial charge in [0.2, 0.25) is 5.91 Å². The van der Waals surface area contributed by atoms with Gasteiger partial charge in [0, 0.05) is 11.8 Å². The van der Waals surface area contributed by atoms with Crippen LogP contribution in [0.3, 0.4) is 0 Å². The first-order valence-corrected chi connectivity index (χ1v) is 5.52. The van der Waals surface area contributed by atoms with Gasteiger partial charge in [0.05, 0.1) is 11.3 Å². The molecule has 9 nitrogen and oxygen atoms in total. The maximum absolute atomic E-state index is 11.7. The average molecular weight is 279 g/mol. The number of primary amides is 1.